The molecular formula is C21H20F3N3O2. The molecule has 5 nitrogen and oxygen atoms in total. The van der Waals surface area contributed by atoms with Crippen LogP contribution in [0.5, 0.6) is 0 Å². The van der Waals surface area contributed by atoms with Crippen molar-refractivity contribution in [3.05, 3.63) is 59.9 Å². The zero-order valence-electron chi connectivity index (χ0n) is 15.5. The fourth-order valence-electron chi connectivity index (χ4n) is 2.97. The molecule has 0 bridgehead atoms. The van der Waals surface area contributed by atoms with Gasteiger partial charge in [-0.2, -0.15) is 0 Å². The van der Waals surface area contributed by atoms with Gasteiger partial charge < -0.3 is 16.0 Å². The fraction of sp³-hybridized carbons (Fsp3) is 0.238. The Hall–Kier alpha value is -3.29. The lowest BCUT2D eigenvalue weighted by atomic mass is 9.85. The van der Waals surface area contributed by atoms with E-state index in [0.717, 1.165) is 18.9 Å². The number of hydrogen-bond acceptors (Lipinski definition) is 2. The van der Waals surface area contributed by atoms with Crippen molar-refractivity contribution in [2.45, 2.75) is 19.3 Å². The molecule has 8 heteroatoms. The highest BCUT2D eigenvalue weighted by Gasteiger charge is 2.18. The van der Waals surface area contributed by atoms with Gasteiger partial charge in [0.05, 0.1) is 5.52 Å². The van der Waals surface area contributed by atoms with Crippen LogP contribution in [0, 0.1) is 23.4 Å². The van der Waals surface area contributed by atoms with Crippen LogP contribution < -0.4 is 11.1 Å². The number of rotatable bonds is 3. The van der Waals surface area contributed by atoms with Crippen LogP contribution in [-0.2, 0) is 9.59 Å². The van der Waals surface area contributed by atoms with Gasteiger partial charge in [0.2, 0.25) is 0 Å². The van der Waals surface area contributed by atoms with Crippen LogP contribution in [0.1, 0.15) is 19.3 Å². The van der Waals surface area contributed by atoms with Gasteiger partial charge in [-0.1, -0.05) is 6.42 Å². The van der Waals surface area contributed by atoms with Gasteiger partial charge in [0.25, 0.3) is 0 Å². The first-order chi connectivity index (χ1) is 13.8. The van der Waals surface area contributed by atoms with Gasteiger partial charge in [-0.25, -0.2) is 13.2 Å². The lowest BCUT2D eigenvalue weighted by Gasteiger charge is -2.24. The van der Waals surface area contributed by atoms with Gasteiger partial charge >= 0.3 is 11.8 Å². The molecule has 3 aromatic rings. The number of H-pyrrole nitrogens is 1. The van der Waals surface area contributed by atoms with Crippen molar-refractivity contribution in [3.63, 3.8) is 0 Å². The Labute approximate surface area is 165 Å². The topological polar surface area (TPSA) is 88.0 Å². The van der Waals surface area contributed by atoms with Gasteiger partial charge in [-0.05, 0) is 60.7 Å². The van der Waals surface area contributed by atoms with Gasteiger partial charge in [-0.3, -0.25) is 9.59 Å². The van der Waals surface area contributed by atoms with Crippen molar-refractivity contribution in [3.8, 4) is 11.3 Å². The molecule has 4 N–H and O–H groups in total. The molecule has 1 fully saturated rings. The average Bonchev–Trinajstić information content (AvgIpc) is 3.05. The van der Waals surface area contributed by atoms with E-state index >= 15 is 0 Å². The number of amides is 2. The van der Waals surface area contributed by atoms with Crippen LogP contribution in [0.4, 0.5) is 13.2 Å². The van der Waals surface area contributed by atoms with Gasteiger partial charge in [0.15, 0.2) is 0 Å². The van der Waals surface area contributed by atoms with Gasteiger partial charge in [-0.15, -0.1) is 0 Å². The lowest BCUT2D eigenvalue weighted by molar-refractivity contribution is -0.137. The average molecular weight is 403 g/mol. The van der Waals surface area contributed by atoms with Crippen LogP contribution >= 0.6 is 0 Å². The van der Waals surface area contributed by atoms with Gasteiger partial charge in [0.1, 0.15) is 17.5 Å². The third-order valence-electron chi connectivity index (χ3n) is 4.80. The molecule has 1 aliphatic carbocycles. The van der Waals surface area contributed by atoms with E-state index in [9.17, 15) is 22.8 Å². The molecule has 0 spiro atoms. The molecule has 1 saturated carbocycles. The minimum atomic E-state index is -0.899. The molecule has 4 rings (SSSR count). The highest BCUT2D eigenvalue weighted by molar-refractivity contribution is 6.34. The monoisotopic (exact) mass is 403 g/mol. The second-order valence-electron chi connectivity index (χ2n) is 6.91. The first kappa shape index (κ1) is 20.4. The van der Waals surface area contributed by atoms with Crippen LogP contribution in [0.25, 0.3) is 22.2 Å². The van der Waals surface area contributed by atoms with E-state index in [2.05, 4.69) is 10.3 Å². The fourth-order valence-corrected chi connectivity index (χ4v) is 2.97. The third kappa shape index (κ3) is 5.16. The largest absolute Gasteiger partial charge is 0.361 e. The number of benzene rings is 2. The first-order valence-electron chi connectivity index (χ1n) is 9.15. The number of nitrogens with one attached hydrogen (secondary N) is 2. The summed E-state index contributed by atoms with van der Waals surface area (Å²) in [7, 11) is 0. The lowest BCUT2D eigenvalue weighted by Crippen LogP contribution is -2.39. The minimum absolute atomic E-state index is 0.246. The summed E-state index contributed by atoms with van der Waals surface area (Å²) in [6.07, 6.45) is 3.54. The predicted molar refractivity (Wildman–Crippen MR) is 103 cm³/mol. The second kappa shape index (κ2) is 8.81. The second-order valence-corrected chi connectivity index (χ2v) is 6.91. The summed E-state index contributed by atoms with van der Waals surface area (Å²) in [5, 5.41) is 2.92. The standard InChI is InChI=1S/C14H8F3N.C7H12N2O2/c15-10-3-1-8(2-4-10)13-6-9-5-11(16)7-12(17)14(9)18-13;8-6(10)7(11)9-4-5-2-1-3-5/h1-7,18H;5H,1-4H2,(H2,8,10)(H,9,11). The molecule has 0 atom stereocenters. The van der Waals surface area contributed by atoms with E-state index in [0.29, 0.717) is 29.1 Å². The van der Waals surface area contributed by atoms with E-state index in [4.69, 9.17) is 5.73 Å². The minimum Gasteiger partial charge on any atom is -0.361 e. The summed E-state index contributed by atoms with van der Waals surface area (Å²) in [6.45, 7) is 0.599. The predicted octanol–water partition coefficient (Wildman–Crippen LogP) is 3.64. The number of carbonyl (C=O) groups is 2. The molecule has 0 radical (unpaired) electrons. The number of hydrogen-bond donors (Lipinski definition) is 3. The van der Waals surface area contributed by atoms with E-state index in [-0.39, 0.29) is 11.3 Å². The number of carbonyl (C=O) groups excluding carboxylic acids is 2. The van der Waals surface area contributed by atoms with Crippen LogP contribution in [0.2, 0.25) is 0 Å². The van der Waals surface area contributed by atoms with Crippen molar-refractivity contribution >= 4 is 22.7 Å². The van der Waals surface area contributed by atoms with Crippen molar-refractivity contribution in [2.75, 3.05) is 6.54 Å². The third-order valence-corrected chi connectivity index (χ3v) is 4.80. The number of aromatic nitrogens is 1. The smallest absolute Gasteiger partial charge is 0.309 e. The highest BCUT2D eigenvalue weighted by Crippen LogP contribution is 2.27. The van der Waals surface area contributed by atoms with Crippen molar-refractivity contribution in [2.24, 2.45) is 11.7 Å². The normalized spacial score (nSPS) is 13.3. The highest BCUT2D eigenvalue weighted by atomic mass is 19.1. The van der Waals surface area contributed by atoms with Gasteiger partial charge in [0, 0.05) is 23.7 Å². The Balaban J connectivity index is 0.000000188. The molecular weight excluding hydrogens is 383 g/mol. The summed E-state index contributed by atoms with van der Waals surface area (Å²) >= 11 is 0. The number of nitrogens with two attached hydrogens (primary N) is 1. The number of aromatic amines is 1. The summed E-state index contributed by atoms with van der Waals surface area (Å²) in [5.74, 6) is -2.60. The Bertz CT molecular complexity index is 1030. The molecule has 152 valence electrons. The molecule has 0 unspecified atom stereocenters. The zero-order valence-corrected chi connectivity index (χ0v) is 15.5. The summed E-state index contributed by atoms with van der Waals surface area (Å²) < 4.78 is 39.4. The molecule has 1 heterocycles. The molecule has 0 aliphatic heterocycles. The quantitative estimate of drug-likeness (QED) is 0.583. The number of primary amides is 1. The molecule has 29 heavy (non-hydrogen) atoms. The van der Waals surface area contributed by atoms with Crippen LogP contribution in [0.3, 0.4) is 0 Å². The maximum Gasteiger partial charge on any atom is 0.309 e. The van der Waals surface area contributed by atoms with Crippen LogP contribution in [0.15, 0.2) is 42.5 Å². The maximum absolute atomic E-state index is 13.5. The Morgan fingerprint density at radius 1 is 1.03 bits per heavy atom. The molecule has 0 saturated heterocycles. The van der Waals surface area contributed by atoms with E-state index in [1.807, 2.05) is 0 Å². The van der Waals surface area contributed by atoms with Crippen molar-refractivity contribution < 1.29 is 22.8 Å². The van der Waals surface area contributed by atoms with E-state index in [1.165, 1.54) is 24.6 Å². The Morgan fingerprint density at radius 2 is 1.72 bits per heavy atom. The summed E-state index contributed by atoms with van der Waals surface area (Å²) in [5.41, 5.74) is 6.31. The SMILES string of the molecule is Fc1ccc(-c2cc3cc(F)cc(F)c3[nH]2)cc1.NC(=O)C(=O)NCC1CCC1. The Kier molecular flexibility index (Phi) is 6.21. The maximum atomic E-state index is 13.5. The molecule has 2 amide bonds. The van der Waals surface area contributed by atoms with Crippen molar-refractivity contribution in [1.29, 1.82) is 0 Å². The number of halogens is 3. The van der Waals surface area contributed by atoms with E-state index in [1.54, 1.807) is 18.2 Å². The van der Waals surface area contributed by atoms with E-state index < -0.39 is 23.4 Å². The summed E-state index contributed by atoms with van der Waals surface area (Å²) in [4.78, 5) is 23.7. The molecule has 1 aromatic heterocycles. The summed E-state index contributed by atoms with van der Waals surface area (Å²) in [6, 6.07) is 9.50. The van der Waals surface area contributed by atoms with Crippen molar-refractivity contribution in [1.82, 2.24) is 10.3 Å². The number of fused-ring (bicyclic) bond motifs is 1. The first-order valence-corrected chi connectivity index (χ1v) is 9.15. The zero-order chi connectivity index (χ0) is 21.0. The molecule has 1 aliphatic rings. The molecule has 2 aromatic carbocycles. The Morgan fingerprint density at radius 3 is 2.31 bits per heavy atom. The van der Waals surface area contributed by atoms with Crippen LogP contribution in [-0.4, -0.2) is 23.3 Å².